The van der Waals surface area contributed by atoms with E-state index in [-0.39, 0.29) is 12.2 Å². The van der Waals surface area contributed by atoms with Crippen molar-refractivity contribution in [2.45, 2.75) is 19.1 Å². The van der Waals surface area contributed by atoms with Crippen LogP contribution >= 0.6 is 0 Å². The maximum absolute atomic E-state index is 12.5. The predicted molar refractivity (Wildman–Crippen MR) is 67.2 cm³/mol. The lowest BCUT2D eigenvalue weighted by molar-refractivity contribution is -0.00955. The van der Waals surface area contributed by atoms with Gasteiger partial charge in [0.1, 0.15) is 5.82 Å². The highest BCUT2D eigenvalue weighted by atomic mass is 16.2. The summed E-state index contributed by atoms with van der Waals surface area (Å²) in [6.45, 7) is 4.04. The molecule has 4 rings (SSSR count). The largest absolute Gasteiger partial charge is 0.323 e. The summed E-state index contributed by atoms with van der Waals surface area (Å²) in [4.78, 5) is 23.7. The van der Waals surface area contributed by atoms with Crippen molar-refractivity contribution < 1.29 is 4.79 Å². The molecule has 1 aromatic heterocycles. The lowest BCUT2D eigenvalue weighted by atomic mass is 10.1. The van der Waals surface area contributed by atoms with Crippen LogP contribution in [0, 0.1) is 0 Å². The molecular weight excluding hydrogens is 228 g/mol. The Hall–Kier alpha value is -1.62. The van der Waals surface area contributed by atoms with Crippen LogP contribution < -0.4 is 4.90 Å². The summed E-state index contributed by atoms with van der Waals surface area (Å²) in [5.74, 6) is 1.02. The van der Waals surface area contributed by atoms with E-state index < -0.39 is 0 Å². The number of rotatable bonds is 0. The molecular formula is C13H16N4O. The van der Waals surface area contributed by atoms with Gasteiger partial charge < -0.3 is 9.80 Å². The van der Waals surface area contributed by atoms with Crippen molar-refractivity contribution in [3.63, 3.8) is 0 Å². The molecule has 1 amide bonds. The predicted octanol–water partition coefficient (Wildman–Crippen LogP) is 0.737. The lowest BCUT2D eigenvalue weighted by Crippen LogP contribution is -2.68. The van der Waals surface area contributed by atoms with Crippen LogP contribution in [-0.2, 0) is 0 Å². The molecule has 1 aromatic rings. The van der Waals surface area contributed by atoms with E-state index in [1.807, 2.05) is 17.0 Å². The lowest BCUT2D eigenvalue weighted by Gasteiger charge is -2.54. The topological polar surface area (TPSA) is 39.7 Å². The normalized spacial score (nSPS) is 26.9. The third kappa shape index (κ3) is 1.25. The molecule has 0 bridgehead atoms. The minimum atomic E-state index is 0.113. The molecule has 1 atom stereocenters. The van der Waals surface area contributed by atoms with Gasteiger partial charge in [-0.2, -0.15) is 0 Å². The molecule has 2 saturated heterocycles. The van der Waals surface area contributed by atoms with Crippen molar-refractivity contribution in [3.05, 3.63) is 23.9 Å². The number of hydrogen-bond acceptors (Lipinski definition) is 4. The third-order valence-corrected chi connectivity index (χ3v) is 4.12. The Bertz CT molecular complexity index is 502. The minimum Gasteiger partial charge on any atom is -0.323 e. The summed E-state index contributed by atoms with van der Waals surface area (Å²) in [5.41, 5.74) is 0.762. The SMILES string of the molecule is O=C1c2cccnc2N2CCCN3CCCN1C32. The Morgan fingerprint density at radius 2 is 1.89 bits per heavy atom. The molecule has 1 unspecified atom stereocenters. The fourth-order valence-electron chi connectivity index (χ4n) is 3.39. The second-order valence-corrected chi connectivity index (χ2v) is 5.16. The summed E-state index contributed by atoms with van der Waals surface area (Å²) < 4.78 is 0. The number of hydrogen-bond donors (Lipinski definition) is 0. The Labute approximate surface area is 106 Å². The smallest absolute Gasteiger partial charge is 0.260 e. The first kappa shape index (κ1) is 10.3. The number of aromatic nitrogens is 1. The highest BCUT2D eigenvalue weighted by Crippen LogP contribution is 2.34. The summed E-state index contributed by atoms with van der Waals surface area (Å²) in [6.07, 6.45) is 4.12. The zero-order chi connectivity index (χ0) is 12.1. The molecule has 5 heteroatoms. The summed E-state index contributed by atoms with van der Waals surface area (Å²) in [6, 6.07) is 3.75. The molecule has 0 saturated carbocycles. The van der Waals surface area contributed by atoms with Crippen LogP contribution in [0.25, 0.3) is 0 Å². The monoisotopic (exact) mass is 244 g/mol. The molecule has 94 valence electrons. The van der Waals surface area contributed by atoms with Crippen LogP contribution in [0.2, 0.25) is 0 Å². The first-order chi connectivity index (χ1) is 8.86. The molecule has 5 nitrogen and oxygen atoms in total. The number of pyridine rings is 1. The van der Waals surface area contributed by atoms with Gasteiger partial charge in [0.15, 0.2) is 6.29 Å². The number of anilines is 1. The molecule has 3 aliphatic rings. The van der Waals surface area contributed by atoms with Gasteiger partial charge in [0.2, 0.25) is 0 Å². The molecule has 0 N–H and O–H groups in total. The van der Waals surface area contributed by atoms with E-state index in [0.29, 0.717) is 0 Å². The second kappa shape index (κ2) is 3.68. The van der Waals surface area contributed by atoms with E-state index >= 15 is 0 Å². The van der Waals surface area contributed by atoms with Crippen LogP contribution in [0.15, 0.2) is 18.3 Å². The second-order valence-electron chi connectivity index (χ2n) is 5.16. The van der Waals surface area contributed by atoms with E-state index in [2.05, 4.69) is 14.8 Å². The van der Waals surface area contributed by atoms with Crippen LogP contribution in [0.4, 0.5) is 5.82 Å². The zero-order valence-corrected chi connectivity index (χ0v) is 10.2. The summed E-state index contributed by atoms with van der Waals surface area (Å²) in [5, 5.41) is 0. The number of carbonyl (C=O) groups excluding carboxylic acids is 1. The molecule has 4 heterocycles. The van der Waals surface area contributed by atoms with Crippen molar-refractivity contribution in [2.24, 2.45) is 0 Å². The van der Waals surface area contributed by atoms with Gasteiger partial charge in [0.05, 0.1) is 5.56 Å². The molecule has 3 aliphatic heterocycles. The quantitative estimate of drug-likeness (QED) is 0.675. The van der Waals surface area contributed by atoms with Crippen LogP contribution in [-0.4, -0.2) is 53.2 Å². The highest BCUT2D eigenvalue weighted by Gasteiger charge is 2.44. The summed E-state index contributed by atoms with van der Waals surface area (Å²) in [7, 11) is 0. The Balaban J connectivity index is 1.87. The van der Waals surface area contributed by atoms with Crippen molar-refractivity contribution >= 4 is 11.7 Å². The molecule has 2 fully saturated rings. The average Bonchev–Trinajstić information content (AvgIpc) is 2.44. The van der Waals surface area contributed by atoms with Crippen LogP contribution in [0.3, 0.4) is 0 Å². The van der Waals surface area contributed by atoms with Gasteiger partial charge in [0, 0.05) is 32.4 Å². The maximum Gasteiger partial charge on any atom is 0.260 e. The van der Waals surface area contributed by atoms with Gasteiger partial charge in [-0.1, -0.05) is 0 Å². The van der Waals surface area contributed by atoms with Crippen LogP contribution in [0.5, 0.6) is 0 Å². The van der Waals surface area contributed by atoms with E-state index in [1.165, 1.54) is 0 Å². The fraction of sp³-hybridized carbons (Fsp3) is 0.538. The Kier molecular flexibility index (Phi) is 2.11. The molecule has 0 radical (unpaired) electrons. The highest BCUT2D eigenvalue weighted by molar-refractivity contribution is 6.01. The molecule has 0 aliphatic carbocycles. The van der Waals surface area contributed by atoms with E-state index in [0.717, 1.165) is 50.4 Å². The van der Waals surface area contributed by atoms with Crippen LogP contribution in [0.1, 0.15) is 23.2 Å². The van der Waals surface area contributed by atoms with Gasteiger partial charge >= 0.3 is 0 Å². The van der Waals surface area contributed by atoms with Crippen molar-refractivity contribution in [3.8, 4) is 0 Å². The maximum atomic E-state index is 12.5. The number of nitrogens with zero attached hydrogens (tertiary/aromatic N) is 4. The number of carbonyl (C=O) groups is 1. The first-order valence-electron chi connectivity index (χ1n) is 6.63. The fourth-order valence-corrected chi connectivity index (χ4v) is 3.39. The van der Waals surface area contributed by atoms with Gasteiger partial charge in [0.25, 0.3) is 5.91 Å². The van der Waals surface area contributed by atoms with Gasteiger partial charge in [-0.3, -0.25) is 9.69 Å². The van der Waals surface area contributed by atoms with Gasteiger partial charge in [-0.25, -0.2) is 4.98 Å². The standard InChI is InChI=1S/C13H16N4O/c18-12-10-4-1-5-14-11(10)16-8-2-6-15-7-3-9-17(12)13(15)16/h1,4-5,13H,2-3,6-9H2. The molecule has 0 aromatic carbocycles. The van der Waals surface area contributed by atoms with Gasteiger partial charge in [-0.05, 0) is 25.0 Å². The van der Waals surface area contributed by atoms with Crippen molar-refractivity contribution in [1.29, 1.82) is 0 Å². The third-order valence-electron chi connectivity index (χ3n) is 4.12. The first-order valence-corrected chi connectivity index (χ1v) is 6.63. The molecule has 0 spiro atoms. The number of fused-ring (bicyclic) bond motifs is 2. The zero-order valence-electron chi connectivity index (χ0n) is 10.2. The minimum absolute atomic E-state index is 0.113. The number of amides is 1. The summed E-state index contributed by atoms with van der Waals surface area (Å²) >= 11 is 0. The molecule has 18 heavy (non-hydrogen) atoms. The van der Waals surface area contributed by atoms with E-state index in [1.54, 1.807) is 6.20 Å². The Morgan fingerprint density at radius 1 is 1.11 bits per heavy atom. The van der Waals surface area contributed by atoms with E-state index in [9.17, 15) is 4.79 Å². The Morgan fingerprint density at radius 3 is 2.72 bits per heavy atom. The average molecular weight is 244 g/mol. The van der Waals surface area contributed by atoms with Gasteiger partial charge in [-0.15, -0.1) is 0 Å². The van der Waals surface area contributed by atoms with Crippen molar-refractivity contribution in [2.75, 3.05) is 31.1 Å². The van der Waals surface area contributed by atoms with E-state index in [4.69, 9.17) is 0 Å². The van der Waals surface area contributed by atoms with Crippen molar-refractivity contribution in [1.82, 2.24) is 14.8 Å².